The van der Waals surface area contributed by atoms with E-state index < -0.39 is 23.7 Å². The summed E-state index contributed by atoms with van der Waals surface area (Å²) in [7, 11) is 0. The maximum absolute atomic E-state index is 11.3. The molecule has 0 radical (unpaired) electrons. The average molecular weight is 282 g/mol. The summed E-state index contributed by atoms with van der Waals surface area (Å²) in [5.74, 6) is 0.893. The van der Waals surface area contributed by atoms with Crippen LogP contribution in [0.4, 0.5) is 4.79 Å². The second kappa shape index (κ2) is 5.98. The molecule has 0 aliphatic heterocycles. The van der Waals surface area contributed by atoms with Crippen LogP contribution in [-0.2, 0) is 9.53 Å². The topological polar surface area (TPSA) is 75.6 Å². The number of carboxylic acid groups (broad SMARTS) is 1. The number of alkyl carbamates (subject to hydrolysis) is 1. The van der Waals surface area contributed by atoms with Gasteiger partial charge in [0.1, 0.15) is 0 Å². The maximum atomic E-state index is 11.3. The SMILES string of the molecule is C[Se]CC(NC(=O)OC(C)(C)C)C(=O)O. The fraction of sp³-hybridized carbons (Fsp3) is 0.778. The van der Waals surface area contributed by atoms with Gasteiger partial charge in [-0.15, -0.1) is 0 Å². The van der Waals surface area contributed by atoms with E-state index in [0.29, 0.717) is 5.32 Å². The third-order valence-corrected chi connectivity index (χ3v) is 2.72. The Labute approximate surface area is 95.7 Å². The van der Waals surface area contributed by atoms with Gasteiger partial charge in [0.25, 0.3) is 0 Å². The monoisotopic (exact) mass is 283 g/mol. The quantitative estimate of drug-likeness (QED) is 0.758. The number of carbonyl (C=O) groups is 2. The summed E-state index contributed by atoms with van der Waals surface area (Å²) in [5.41, 5.74) is -0.607. The first kappa shape index (κ1) is 14.3. The van der Waals surface area contributed by atoms with E-state index in [1.165, 1.54) is 0 Å². The number of carboxylic acids is 1. The molecule has 0 aliphatic carbocycles. The molecular formula is C9H17NO4Se. The molecule has 1 unspecified atom stereocenters. The molecule has 0 saturated carbocycles. The zero-order valence-electron chi connectivity index (χ0n) is 9.36. The molecule has 0 rings (SSSR count). The van der Waals surface area contributed by atoms with Gasteiger partial charge in [-0.25, -0.2) is 0 Å². The van der Waals surface area contributed by atoms with Gasteiger partial charge in [0.15, 0.2) is 0 Å². The van der Waals surface area contributed by atoms with Gasteiger partial charge in [-0.2, -0.15) is 0 Å². The predicted molar refractivity (Wildman–Crippen MR) is 57.2 cm³/mol. The van der Waals surface area contributed by atoms with Crippen molar-refractivity contribution in [2.45, 2.75) is 43.6 Å². The van der Waals surface area contributed by atoms with Crippen LogP contribution in [0.2, 0.25) is 11.1 Å². The molecule has 5 nitrogen and oxygen atoms in total. The van der Waals surface area contributed by atoms with E-state index in [-0.39, 0.29) is 15.0 Å². The summed E-state index contributed by atoms with van der Waals surface area (Å²) in [6.45, 7) is 5.18. The predicted octanol–water partition coefficient (Wildman–Crippen LogP) is 1.13. The van der Waals surface area contributed by atoms with Crippen molar-refractivity contribution in [2.24, 2.45) is 0 Å². The molecule has 0 heterocycles. The van der Waals surface area contributed by atoms with E-state index in [4.69, 9.17) is 9.84 Å². The van der Waals surface area contributed by atoms with E-state index in [0.717, 1.165) is 0 Å². The fourth-order valence-corrected chi connectivity index (χ4v) is 1.96. The van der Waals surface area contributed by atoms with Gasteiger partial charge in [0.05, 0.1) is 0 Å². The Kier molecular flexibility index (Phi) is 5.68. The molecule has 0 fully saturated rings. The molecule has 0 bridgehead atoms. The van der Waals surface area contributed by atoms with Crippen molar-refractivity contribution in [3.63, 3.8) is 0 Å². The van der Waals surface area contributed by atoms with Crippen LogP contribution in [-0.4, -0.2) is 43.8 Å². The second-order valence-electron chi connectivity index (χ2n) is 3.99. The van der Waals surface area contributed by atoms with E-state index in [2.05, 4.69) is 5.32 Å². The third kappa shape index (κ3) is 7.22. The van der Waals surface area contributed by atoms with E-state index in [9.17, 15) is 9.59 Å². The van der Waals surface area contributed by atoms with Crippen LogP contribution < -0.4 is 5.32 Å². The molecule has 6 heteroatoms. The Balaban J connectivity index is 4.18. The molecule has 0 saturated heterocycles. The second-order valence-corrected chi connectivity index (χ2v) is 5.90. The summed E-state index contributed by atoms with van der Waals surface area (Å²) < 4.78 is 4.96. The molecule has 0 aromatic rings. The summed E-state index contributed by atoms with van der Waals surface area (Å²) in [4.78, 5) is 22.0. The van der Waals surface area contributed by atoms with Crippen LogP contribution in [0.25, 0.3) is 0 Å². The first-order valence-electron chi connectivity index (χ1n) is 4.47. The number of amides is 1. The van der Waals surface area contributed by atoms with Crippen LogP contribution >= 0.6 is 0 Å². The van der Waals surface area contributed by atoms with Crippen molar-refractivity contribution < 1.29 is 19.4 Å². The summed E-state index contributed by atoms with van der Waals surface area (Å²) in [6.07, 6.45) is -0.681. The minimum atomic E-state index is -1.02. The van der Waals surface area contributed by atoms with Crippen LogP contribution in [0.1, 0.15) is 20.8 Å². The van der Waals surface area contributed by atoms with Crippen LogP contribution in [0.3, 0.4) is 0 Å². The average Bonchev–Trinajstić information content (AvgIpc) is 1.99. The number of rotatable bonds is 4. The van der Waals surface area contributed by atoms with E-state index in [1.54, 1.807) is 20.8 Å². The molecule has 1 amide bonds. The Morgan fingerprint density at radius 1 is 1.47 bits per heavy atom. The minimum absolute atomic E-state index is 0.193. The van der Waals surface area contributed by atoms with Crippen molar-refractivity contribution in [3.05, 3.63) is 0 Å². The molecular weight excluding hydrogens is 265 g/mol. The first-order valence-corrected chi connectivity index (χ1v) is 7.40. The standard InChI is InChI=1S/C9H17NO4Se/c1-9(2,3)14-8(13)10-6(5-15-4)7(11)12/h6H,5H2,1-4H3,(H,10,13)(H,11,12). The van der Waals surface area contributed by atoms with Gasteiger partial charge in [-0.1, -0.05) is 0 Å². The zero-order chi connectivity index (χ0) is 12.1. The van der Waals surface area contributed by atoms with Crippen LogP contribution in [0.5, 0.6) is 0 Å². The molecule has 0 aromatic heterocycles. The number of hydrogen-bond acceptors (Lipinski definition) is 3. The Hall–Kier alpha value is -0.741. The number of ether oxygens (including phenoxy) is 1. The molecule has 0 aliphatic rings. The first-order chi connectivity index (χ1) is 6.76. The number of aliphatic carboxylic acids is 1. The number of hydrogen-bond donors (Lipinski definition) is 2. The van der Waals surface area contributed by atoms with E-state index in [1.807, 2.05) is 5.82 Å². The normalized spacial score (nSPS) is 13.1. The van der Waals surface area contributed by atoms with Crippen LogP contribution in [0.15, 0.2) is 0 Å². The molecule has 1 atom stereocenters. The van der Waals surface area contributed by atoms with Crippen molar-refractivity contribution in [1.29, 1.82) is 0 Å². The summed E-state index contributed by atoms with van der Waals surface area (Å²) >= 11 is 0.193. The third-order valence-electron chi connectivity index (χ3n) is 1.32. The van der Waals surface area contributed by atoms with E-state index >= 15 is 0 Å². The number of carbonyl (C=O) groups excluding carboxylic acids is 1. The Morgan fingerprint density at radius 2 is 2.00 bits per heavy atom. The van der Waals surface area contributed by atoms with Gasteiger partial charge in [-0.3, -0.25) is 0 Å². The fourth-order valence-electron chi connectivity index (χ4n) is 0.791. The molecule has 0 spiro atoms. The van der Waals surface area contributed by atoms with Gasteiger partial charge >= 0.3 is 95.3 Å². The molecule has 0 aromatic carbocycles. The van der Waals surface area contributed by atoms with Gasteiger partial charge in [-0.05, 0) is 0 Å². The van der Waals surface area contributed by atoms with Crippen LogP contribution in [0, 0.1) is 0 Å². The summed E-state index contributed by atoms with van der Waals surface area (Å²) in [6, 6.07) is -0.843. The Bertz CT molecular complexity index is 237. The zero-order valence-corrected chi connectivity index (χ0v) is 11.1. The number of nitrogens with one attached hydrogen (secondary N) is 1. The molecule has 2 N–H and O–H groups in total. The summed E-state index contributed by atoms with van der Waals surface area (Å²) in [5, 5.41) is 11.6. The molecule has 88 valence electrons. The van der Waals surface area contributed by atoms with Crippen molar-refractivity contribution in [2.75, 3.05) is 0 Å². The van der Waals surface area contributed by atoms with Crippen molar-refractivity contribution in [3.8, 4) is 0 Å². The van der Waals surface area contributed by atoms with Gasteiger partial charge in [0, 0.05) is 0 Å². The Morgan fingerprint density at radius 3 is 2.33 bits per heavy atom. The van der Waals surface area contributed by atoms with Crippen molar-refractivity contribution >= 4 is 27.0 Å². The molecule has 15 heavy (non-hydrogen) atoms. The van der Waals surface area contributed by atoms with Gasteiger partial charge < -0.3 is 0 Å². The van der Waals surface area contributed by atoms with Crippen molar-refractivity contribution in [1.82, 2.24) is 5.32 Å². The van der Waals surface area contributed by atoms with Gasteiger partial charge in [0.2, 0.25) is 0 Å².